The molecule has 0 radical (unpaired) electrons. The first kappa shape index (κ1) is 10.3. The monoisotopic (exact) mass is 216 g/mol. The van der Waals surface area contributed by atoms with Crippen LogP contribution >= 0.6 is 0 Å². The Hall–Kier alpha value is -0.890. The predicted octanol–water partition coefficient (Wildman–Crippen LogP) is 2.50. The van der Waals surface area contributed by atoms with Gasteiger partial charge in [0, 0.05) is 23.9 Å². The summed E-state index contributed by atoms with van der Waals surface area (Å²) in [6.07, 6.45) is 8.63. The minimum atomic E-state index is 0.655. The standard InChI is InChI=1S/C14H20N2/c1-15-13(11-7-8-11)12-6-2-4-10-5-3-9-16-14(10)12/h3,5,9,11-13,15H,2,4,6-8H2,1H3. The molecule has 1 heterocycles. The van der Waals surface area contributed by atoms with Crippen molar-refractivity contribution in [2.45, 2.75) is 44.1 Å². The molecule has 0 bridgehead atoms. The van der Waals surface area contributed by atoms with Crippen molar-refractivity contribution in [1.82, 2.24) is 10.3 Å². The normalized spacial score (nSPS) is 26.2. The minimum Gasteiger partial charge on any atom is -0.316 e. The van der Waals surface area contributed by atoms with E-state index in [1.165, 1.54) is 43.4 Å². The first-order valence-electron chi connectivity index (χ1n) is 6.51. The molecule has 0 aromatic carbocycles. The number of nitrogens with one attached hydrogen (secondary N) is 1. The van der Waals surface area contributed by atoms with E-state index in [2.05, 4.69) is 29.5 Å². The summed E-state index contributed by atoms with van der Waals surface area (Å²) in [4.78, 5) is 4.64. The molecule has 1 fully saturated rings. The van der Waals surface area contributed by atoms with E-state index in [4.69, 9.17) is 0 Å². The lowest BCUT2D eigenvalue weighted by molar-refractivity contribution is 0.372. The lowest BCUT2D eigenvalue weighted by Gasteiger charge is -2.31. The second-order valence-corrected chi connectivity index (χ2v) is 5.20. The molecule has 2 heteroatoms. The third kappa shape index (κ3) is 1.75. The number of hydrogen-bond acceptors (Lipinski definition) is 2. The number of likely N-dealkylation sites (N-methyl/N-ethyl adjacent to an activating group) is 1. The van der Waals surface area contributed by atoms with E-state index in [-0.39, 0.29) is 0 Å². The van der Waals surface area contributed by atoms with Crippen molar-refractivity contribution >= 4 is 0 Å². The maximum absolute atomic E-state index is 4.64. The Kier molecular flexibility index (Phi) is 2.68. The van der Waals surface area contributed by atoms with E-state index in [1.807, 2.05) is 6.20 Å². The topological polar surface area (TPSA) is 24.9 Å². The van der Waals surface area contributed by atoms with Crippen molar-refractivity contribution in [2.24, 2.45) is 5.92 Å². The number of rotatable bonds is 3. The molecule has 2 nitrogen and oxygen atoms in total. The smallest absolute Gasteiger partial charge is 0.0482 e. The van der Waals surface area contributed by atoms with Gasteiger partial charge in [0.25, 0.3) is 0 Å². The molecule has 0 saturated heterocycles. The number of fused-ring (bicyclic) bond motifs is 1. The molecule has 1 aromatic rings. The Morgan fingerprint density at radius 1 is 1.38 bits per heavy atom. The van der Waals surface area contributed by atoms with Crippen LogP contribution in [0.3, 0.4) is 0 Å². The molecule has 0 amide bonds. The maximum atomic E-state index is 4.64. The second kappa shape index (κ2) is 4.17. The van der Waals surface area contributed by atoms with Gasteiger partial charge in [-0.15, -0.1) is 0 Å². The molecule has 3 rings (SSSR count). The van der Waals surface area contributed by atoms with Gasteiger partial charge in [0.2, 0.25) is 0 Å². The molecule has 2 aliphatic rings. The van der Waals surface area contributed by atoms with Gasteiger partial charge in [0.1, 0.15) is 0 Å². The summed E-state index contributed by atoms with van der Waals surface area (Å²) in [5.41, 5.74) is 2.86. The van der Waals surface area contributed by atoms with Gasteiger partial charge in [0.05, 0.1) is 0 Å². The van der Waals surface area contributed by atoms with E-state index in [0.29, 0.717) is 12.0 Å². The van der Waals surface area contributed by atoms with Gasteiger partial charge in [-0.1, -0.05) is 6.07 Å². The van der Waals surface area contributed by atoms with Crippen LogP contribution in [0, 0.1) is 5.92 Å². The highest BCUT2D eigenvalue weighted by Gasteiger charge is 2.38. The quantitative estimate of drug-likeness (QED) is 0.839. The van der Waals surface area contributed by atoms with E-state index < -0.39 is 0 Å². The predicted molar refractivity (Wildman–Crippen MR) is 65.5 cm³/mol. The summed E-state index contributed by atoms with van der Waals surface area (Å²) in [6.45, 7) is 0. The average Bonchev–Trinajstić information content (AvgIpc) is 3.15. The number of aryl methyl sites for hydroxylation is 1. The van der Waals surface area contributed by atoms with Crippen LogP contribution in [0.2, 0.25) is 0 Å². The summed E-state index contributed by atoms with van der Waals surface area (Å²) in [6, 6.07) is 5.00. The Morgan fingerprint density at radius 3 is 3.00 bits per heavy atom. The lowest BCUT2D eigenvalue weighted by atomic mass is 9.80. The van der Waals surface area contributed by atoms with Crippen LogP contribution in [0.4, 0.5) is 0 Å². The summed E-state index contributed by atoms with van der Waals surface area (Å²) in [5, 5.41) is 3.53. The third-order valence-corrected chi connectivity index (χ3v) is 4.14. The molecule has 2 atom stereocenters. The van der Waals surface area contributed by atoms with E-state index >= 15 is 0 Å². The van der Waals surface area contributed by atoms with Gasteiger partial charge in [0.15, 0.2) is 0 Å². The molecule has 2 aliphatic carbocycles. The third-order valence-electron chi connectivity index (χ3n) is 4.14. The first-order chi connectivity index (χ1) is 7.90. The first-order valence-corrected chi connectivity index (χ1v) is 6.51. The van der Waals surface area contributed by atoms with Crippen LogP contribution in [0.25, 0.3) is 0 Å². The zero-order chi connectivity index (χ0) is 11.0. The zero-order valence-corrected chi connectivity index (χ0v) is 9.95. The van der Waals surface area contributed by atoms with Gasteiger partial charge in [-0.3, -0.25) is 4.98 Å². The van der Waals surface area contributed by atoms with E-state index in [1.54, 1.807) is 0 Å². The van der Waals surface area contributed by atoms with Crippen LogP contribution in [0.1, 0.15) is 42.9 Å². The summed E-state index contributed by atoms with van der Waals surface area (Å²) in [5.74, 6) is 1.56. The lowest BCUT2D eigenvalue weighted by Crippen LogP contribution is -2.36. The molecule has 1 saturated carbocycles. The number of aromatic nitrogens is 1. The highest BCUT2D eigenvalue weighted by molar-refractivity contribution is 5.28. The molecule has 2 unspecified atom stereocenters. The number of hydrogen-bond donors (Lipinski definition) is 1. The molecule has 0 aliphatic heterocycles. The van der Waals surface area contributed by atoms with Gasteiger partial charge in [-0.25, -0.2) is 0 Å². The van der Waals surface area contributed by atoms with Crippen LogP contribution in [0.5, 0.6) is 0 Å². The van der Waals surface area contributed by atoms with Crippen LogP contribution in [0.15, 0.2) is 18.3 Å². The molecule has 86 valence electrons. The highest BCUT2D eigenvalue weighted by atomic mass is 14.9. The fraction of sp³-hybridized carbons (Fsp3) is 0.643. The van der Waals surface area contributed by atoms with Gasteiger partial charge in [-0.2, -0.15) is 0 Å². The molecular weight excluding hydrogens is 196 g/mol. The fourth-order valence-corrected chi connectivity index (χ4v) is 3.22. The van der Waals surface area contributed by atoms with Crippen molar-refractivity contribution in [1.29, 1.82) is 0 Å². The Balaban J connectivity index is 1.90. The van der Waals surface area contributed by atoms with Crippen molar-refractivity contribution in [2.75, 3.05) is 7.05 Å². The summed E-state index contributed by atoms with van der Waals surface area (Å²) >= 11 is 0. The van der Waals surface area contributed by atoms with Gasteiger partial charge in [-0.05, 0) is 56.7 Å². The molecule has 1 aromatic heterocycles. The molecule has 16 heavy (non-hydrogen) atoms. The van der Waals surface area contributed by atoms with E-state index in [0.717, 1.165) is 5.92 Å². The van der Waals surface area contributed by atoms with E-state index in [9.17, 15) is 0 Å². The largest absolute Gasteiger partial charge is 0.316 e. The molecule has 0 spiro atoms. The average molecular weight is 216 g/mol. The number of pyridine rings is 1. The van der Waals surface area contributed by atoms with Crippen molar-refractivity contribution in [3.63, 3.8) is 0 Å². The van der Waals surface area contributed by atoms with Crippen molar-refractivity contribution < 1.29 is 0 Å². The SMILES string of the molecule is CNC(C1CC1)C1CCCc2cccnc21. The number of nitrogens with zero attached hydrogens (tertiary/aromatic N) is 1. The fourth-order valence-electron chi connectivity index (χ4n) is 3.22. The second-order valence-electron chi connectivity index (χ2n) is 5.20. The van der Waals surface area contributed by atoms with Crippen molar-refractivity contribution in [3.8, 4) is 0 Å². The molecular formula is C14H20N2. The van der Waals surface area contributed by atoms with Gasteiger partial charge >= 0.3 is 0 Å². The van der Waals surface area contributed by atoms with Crippen LogP contribution < -0.4 is 5.32 Å². The minimum absolute atomic E-state index is 0.655. The maximum Gasteiger partial charge on any atom is 0.0482 e. The Bertz CT molecular complexity index is 371. The zero-order valence-electron chi connectivity index (χ0n) is 9.95. The van der Waals surface area contributed by atoms with Crippen molar-refractivity contribution in [3.05, 3.63) is 29.6 Å². The summed E-state index contributed by atoms with van der Waals surface area (Å²) in [7, 11) is 2.11. The Labute approximate surface area is 97.5 Å². The summed E-state index contributed by atoms with van der Waals surface area (Å²) < 4.78 is 0. The molecule has 1 N–H and O–H groups in total. The van der Waals surface area contributed by atoms with Crippen LogP contribution in [-0.2, 0) is 6.42 Å². The highest BCUT2D eigenvalue weighted by Crippen LogP contribution is 2.42. The van der Waals surface area contributed by atoms with Crippen LogP contribution in [-0.4, -0.2) is 18.1 Å². The van der Waals surface area contributed by atoms with Gasteiger partial charge < -0.3 is 5.32 Å². The Morgan fingerprint density at radius 2 is 2.25 bits per heavy atom.